The van der Waals surface area contributed by atoms with Crippen LogP contribution in [-0.4, -0.2) is 31.4 Å². The van der Waals surface area contributed by atoms with Crippen molar-refractivity contribution in [1.82, 2.24) is 0 Å². The van der Waals surface area contributed by atoms with Gasteiger partial charge in [-0.15, -0.1) is 0 Å². The van der Waals surface area contributed by atoms with Gasteiger partial charge >= 0.3 is 11.9 Å². The number of ketones is 1. The Balaban J connectivity index is 1.97. The standard InChI is InChI=1S/C17H20O5/c1-3-22-17(20)15-13(14(15)16(19)21-2)12(18)10-9-11-7-5-4-6-8-11/h4-8,13-15H,3,9-10H2,1-2H3. The van der Waals surface area contributed by atoms with Crippen LogP contribution in [0.2, 0.25) is 0 Å². The molecule has 1 saturated carbocycles. The molecule has 0 saturated heterocycles. The third-order valence-corrected chi connectivity index (χ3v) is 3.93. The van der Waals surface area contributed by atoms with Crippen LogP contribution in [-0.2, 0) is 30.3 Å². The van der Waals surface area contributed by atoms with Gasteiger partial charge in [0.2, 0.25) is 0 Å². The molecule has 0 spiro atoms. The highest BCUT2D eigenvalue weighted by molar-refractivity contribution is 6.00. The minimum atomic E-state index is -0.688. The molecular weight excluding hydrogens is 284 g/mol. The van der Waals surface area contributed by atoms with Crippen LogP contribution in [0, 0.1) is 17.8 Å². The average molecular weight is 304 g/mol. The van der Waals surface area contributed by atoms with Gasteiger partial charge in [-0.3, -0.25) is 14.4 Å². The molecule has 118 valence electrons. The first-order valence-corrected chi connectivity index (χ1v) is 7.41. The van der Waals surface area contributed by atoms with E-state index in [2.05, 4.69) is 4.74 Å². The lowest BCUT2D eigenvalue weighted by Crippen LogP contribution is -2.12. The molecule has 1 fully saturated rings. The van der Waals surface area contributed by atoms with E-state index in [4.69, 9.17) is 4.74 Å². The number of carbonyl (C=O) groups is 3. The third-order valence-electron chi connectivity index (χ3n) is 3.93. The summed E-state index contributed by atoms with van der Waals surface area (Å²) < 4.78 is 9.61. The van der Waals surface area contributed by atoms with Gasteiger partial charge in [0, 0.05) is 12.3 Å². The van der Waals surface area contributed by atoms with Gasteiger partial charge in [0.25, 0.3) is 0 Å². The summed E-state index contributed by atoms with van der Waals surface area (Å²) in [6.07, 6.45) is 0.900. The highest BCUT2D eigenvalue weighted by Crippen LogP contribution is 2.49. The van der Waals surface area contributed by atoms with Gasteiger partial charge in [-0.1, -0.05) is 30.3 Å². The summed E-state index contributed by atoms with van der Waals surface area (Å²) in [5.74, 6) is -3.07. The van der Waals surface area contributed by atoms with E-state index < -0.39 is 29.7 Å². The second-order valence-corrected chi connectivity index (χ2v) is 5.30. The predicted octanol–water partition coefficient (Wildman–Crippen LogP) is 1.79. The smallest absolute Gasteiger partial charge is 0.310 e. The van der Waals surface area contributed by atoms with Crippen molar-refractivity contribution in [3.63, 3.8) is 0 Å². The van der Waals surface area contributed by atoms with Gasteiger partial charge in [0.15, 0.2) is 0 Å². The van der Waals surface area contributed by atoms with E-state index in [9.17, 15) is 14.4 Å². The zero-order valence-corrected chi connectivity index (χ0v) is 12.8. The molecule has 0 bridgehead atoms. The van der Waals surface area contributed by atoms with Gasteiger partial charge in [-0.2, -0.15) is 0 Å². The second kappa shape index (κ2) is 7.20. The molecule has 0 radical (unpaired) electrons. The lowest BCUT2D eigenvalue weighted by Gasteiger charge is -2.01. The number of ether oxygens (including phenoxy) is 2. The lowest BCUT2D eigenvalue weighted by molar-refractivity contribution is -0.149. The number of carbonyl (C=O) groups excluding carboxylic acids is 3. The zero-order valence-electron chi connectivity index (χ0n) is 12.8. The molecule has 22 heavy (non-hydrogen) atoms. The molecule has 0 aromatic heterocycles. The minimum Gasteiger partial charge on any atom is -0.469 e. The molecule has 1 aromatic rings. The normalized spacial score (nSPS) is 22.7. The van der Waals surface area contributed by atoms with Crippen LogP contribution in [0.4, 0.5) is 0 Å². The summed E-state index contributed by atoms with van der Waals surface area (Å²) in [5, 5.41) is 0. The number of esters is 2. The van der Waals surface area contributed by atoms with Crippen molar-refractivity contribution < 1.29 is 23.9 Å². The van der Waals surface area contributed by atoms with Crippen LogP contribution in [0.15, 0.2) is 30.3 Å². The monoisotopic (exact) mass is 304 g/mol. The molecule has 1 aliphatic carbocycles. The topological polar surface area (TPSA) is 69.7 Å². The maximum absolute atomic E-state index is 12.3. The number of hydrogen-bond donors (Lipinski definition) is 0. The summed E-state index contributed by atoms with van der Waals surface area (Å²) in [4.78, 5) is 35.9. The fraction of sp³-hybridized carbons (Fsp3) is 0.471. The van der Waals surface area contributed by atoms with Crippen molar-refractivity contribution in [2.24, 2.45) is 17.8 Å². The average Bonchev–Trinajstić information content (AvgIpc) is 3.29. The second-order valence-electron chi connectivity index (χ2n) is 5.30. The van der Waals surface area contributed by atoms with E-state index in [1.165, 1.54) is 7.11 Å². The Morgan fingerprint density at radius 3 is 2.23 bits per heavy atom. The molecule has 1 aromatic carbocycles. The van der Waals surface area contributed by atoms with Crippen molar-refractivity contribution in [3.05, 3.63) is 35.9 Å². The molecule has 3 atom stereocenters. The van der Waals surface area contributed by atoms with Crippen LogP contribution >= 0.6 is 0 Å². The van der Waals surface area contributed by atoms with Gasteiger partial charge in [-0.25, -0.2) is 0 Å². The Bertz CT molecular complexity index is 551. The van der Waals surface area contributed by atoms with E-state index in [1.807, 2.05) is 30.3 Å². The molecule has 0 aliphatic heterocycles. The number of hydrogen-bond acceptors (Lipinski definition) is 5. The number of Topliss-reactive ketones (excluding diaryl/α,β-unsaturated/α-hetero) is 1. The summed E-state index contributed by atoms with van der Waals surface area (Å²) in [7, 11) is 1.26. The summed E-state index contributed by atoms with van der Waals surface area (Å²) in [6.45, 7) is 1.92. The van der Waals surface area contributed by atoms with Crippen molar-refractivity contribution in [2.75, 3.05) is 13.7 Å². The molecular formula is C17H20O5. The van der Waals surface area contributed by atoms with E-state index >= 15 is 0 Å². The molecule has 0 N–H and O–H groups in total. The highest BCUT2D eigenvalue weighted by atomic mass is 16.5. The van der Waals surface area contributed by atoms with Crippen LogP contribution in [0.3, 0.4) is 0 Å². The molecule has 0 amide bonds. The SMILES string of the molecule is CCOC(=O)C1C(C(=O)CCc2ccccc2)C1C(=O)OC. The zero-order chi connectivity index (χ0) is 16.1. The van der Waals surface area contributed by atoms with Gasteiger partial charge in [-0.05, 0) is 18.9 Å². The fourth-order valence-electron chi connectivity index (χ4n) is 2.75. The lowest BCUT2D eigenvalue weighted by atomic mass is 10.0. The van der Waals surface area contributed by atoms with Crippen molar-refractivity contribution in [3.8, 4) is 0 Å². The molecule has 5 heteroatoms. The van der Waals surface area contributed by atoms with E-state index in [0.29, 0.717) is 12.8 Å². The van der Waals surface area contributed by atoms with Crippen molar-refractivity contribution in [1.29, 1.82) is 0 Å². The Morgan fingerprint density at radius 2 is 1.64 bits per heavy atom. The molecule has 1 aliphatic rings. The Kier molecular flexibility index (Phi) is 5.31. The number of rotatable bonds is 7. The maximum Gasteiger partial charge on any atom is 0.310 e. The van der Waals surface area contributed by atoms with Gasteiger partial charge in [0.05, 0.1) is 25.6 Å². The number of aryl methyl sites for hydroxylation is 1. The van der Waals surface area contributed by atoms with E-state index in [-0.39, 0.29) is 12.4 Å². The Labute approximate surface area is 129 Å². The summed E-state index contributed by atoms with van der Waals surface area (Å²) in [5.41, 5.74) is 1.05. The van der Waals surface area contributed by atoms with Crippen LogP contribution in [0.1, 0.15) is 18.9 Å². The Morgan fingerprint density at radius 1 is 1.00 bits per heavy atom. The summed E-state index contributed by atoms with van der Waals surface area (Å²) in [6, 6.07) is 9.63. The highest BCUT2D eigenvalue weighted by Gasteiger charge is 2.63. The fourth-order valence-corrected chi connectivity index (χ4v) is 2.75. The third kappa shape index (κ3) is 3.53. The van der Waals surface area contributed by atoms with Crippen molar-refractivity contribution in [2.45, 2.75) is 19.8 Å². The van der Waals surface area contributed by atoms with Crippen LogP contribution in [0.25, 0.3) is 0 Å². The van der Waals surface area contributed by atoms with Gasteiger partial charge < -0.3 is 9.47 Å². The molecule has 3 unspecified atom stereocenters. The molecule has 2 rings (SSSR count). The first-order valence-electron chi connectivity index (χ1n) is 7.41. The largest absolute Gasteiger partial charge is 0.469 e. The number of benzene rings is 1. The van der Waals surface area contributed by atoms with E-state index in [1.54, 1.807) is 6.92 Å². The first kappa shape index (κ1) is 16.2. The predicted molar refractivity (Wildman–Crippen MR) is 78.9 cm³/mol. The summed E-state index contributed by atoms with van der Waals surface area (Å²) >= 11 is 0. The first-order chi connectivity index (χ1) is 10.6. The van der Waals surface area contributed by atoms with Crippen molar-refractivity contribution >= 4 is 17.7 Å². The quantitative estimate of drug-likeness (QED) is 0.718. The van der Waals surface area contributed by atoms with E-state index in [0.717, 1.165) is 5.56 Å². The Hall–Kier alpha value is -2.17. The molecule has 5 nitrogen and oxygen atoms in total. The van der Waals surface area contributed by atoms with Crippen LogP contribution in [0.5, 0.6) is 0 Å². The maximum atomic E-state index is 12.3. The molecule has 0 heterocycles. The number of methoxy groups -OCH3 is 1. The van der Waals surface area contributed by atoms with Crippen LogP contribution < -0.4 is 0 Å². The minimum absolute atomic E-state index is 0.0858. The van der Waals surface area contributed by atoms with Gasteiger partial charge in [0.1, 0.15) is 5.78 Å².